The second-order valence-electron chi connectivity index (χ2n) is 6.22. The smallest absolute Gasteiger partial charge is 0.181 e. The first-order chi connectivity index (χ1) is 11.5. The maximum Gasteiger partial charge on any atom is 0.181 e. The van der Waals surface area contributed by atoms with Gasteiger partial charge in [0.25, 0.3) is 0 Å². The molecule has 2 atom stereocenters. The minimum Gasteiger partial charge on any atom is -0.294 e. The summed E-state index contributed by atoms with van der Waals surface area (Å²) in [5, 5.41) is -0.459. The third kappa shape index (κ3) is 3.62. The number of ketones is 1. The van der Waals surface area contributed by atoms with E-state index in [-0.39, 0.29) is 11.7 Å². The van der Waals surface area contributed by atoms with Crippen LogP contribution < -0.4 is 0 Å². The molecule has 0 saturated heterocycles. The van der Waals surface area contributed by atoms with Gasteiger partial charge in [-0.15, -0.1) is 0 Å². The second kappa shape index (κ2) is 7.19. The number of carbonyl (C=O) groups excluding carboxylic acids is 1. The molecule has 0 unspecified atom stereocenters. The van der Waals surface area contributed by atoms with E-state index in [1.165, 1.54) is 0 Å². The van der Waals surface area contributed by atoms with E-state index in [0.717, 1.165) is 17.3 Å². The van der Waals surface area contributed by atoms with Crippen molar-refractivity contribution in [2.75, 3.05) is 0 Å². The van der Waals surface area contributed by atoms with Crippen LogP contribution in [0.15, 0.2) is 64.0 Å². The summed E-state index contributed by atoms with van der Waals surface area (Å²) in [5.74, 6) is -0.0889. The lowest BCUT2D eigenvalue weighted by atomic mass is 9.97. The molecule has 2 aromatic carbocycles. The maximum absolute atomic E-state index is 12.9. The number of halogens is 1. The van der Waals surface area contributed by atoms with Gasteiger partial charge < -0.3 is 0 Å². The topological polar surface area (TPSA) is 51.2 Å². The fourth-order valence-electron chi connectivity index (χ4n) is 3.42. The average Bonchev–Trinajstić information content (AvgIpc) is 3.05. The number of Topliss-reactive ketones (excluding diaryl/α,β-unsaturated/α-hetero) is 1. The van der Waals surface area contributed by atoms with E-state index in [2.05, 4.69) is 15.9 Å². The molecule has 0 aliphatic heterocycles. The zero-order chi connectivity index (χ0) is 17.2. The van der Waals surface area contributed by atoms with Crippen LogP contribution in [-0.4, -0.2) is 19.5 Å². The van der Waals surface area contributed by atoms with Crippen LogP contribution in [0.1, 0.15) is 36.0 Å². The Kier molecular flexibility index (Phi) is 5.21. The Morgan fingerprint density at radius 3 is 2.33 bits per heavy atom. The molecule has 24 heavy (non-hydrogen) atoms. The molecular formula is C19H19BrO3S. The first-order valence-electron chi connectivity index (χ1n) is 8.06. The van der Waals surface area contributed by atoms with Crippen molar-refractivity contribution in [3.05, 3.63) is 64.6 Å². The molecule has 3 nitrogen and oxygen atoms in total. The molecule has 0 heterocycles. The summed E-state index contributed by atoms with van der Waals surface area (Å²) in [4.78, 5) is 12.9. The molecule has 1 saturated carbocycles. The van der Waals surface area contributed by atoms with Gasteiger partial charge in [0, 0.05) is 16.5 Å². The normalized spacial score (nSPS) is 20.9. The Labute approximate surface area is 151 Å². The van der Waals surface area contributed by atoms with E-state index in [9.17, 15) is 13.2 Å². The monoisotopic (exact) mass is 406 g/mol. The molecule has 1 aliphatic rings. The maximum atomic E-state index is 12.9. The molecule has 3 rings (SSSR count). The van der Waals surface area contributed by atoms with Gasteiger partial charge in [-0.3, -0.25) is 4.79 Å². The molecule has 1 fully saturated rings. The van der Waals surface area contributed by atoms with Crippen molar-refractivity contribution in [1.82, 2.24) is 0 Å². The number of carbonyl (C=O) groups is 1. The van der Waals surface area contributed by atoms with Crippen LogP contribution in [0, 0.1) is 5.92 Å². The van der Waals surface area contributed by atoms with Crippen LogP contribution in [-0.2, 0) is 9.84 Å². The van der Waals surface area contributed by atoms with Crippen molar-refractivity contribution >= 4 is 31.6 Å². The predicted octanol–water partition coefficient (Wildman–Crippen LogP) is 4.66. The van der Waals surface area contributed by atoms with Gasteiger partial charge in [0.05, 0.1) is 10.1 Å². The molecule has 0 radical (unpaired) electrons. The average molecular weight is 407 g/mol. The number of benzene rings is 2. The summed E-state index contributed by atoms with van der Waals surface area (Å²) >= 11 is 3.35. The van der Waals surface area contributed by atoms with Gasteiger partial charge in [-0.1, -0.05) is 52.7 Å². The standard InChI is InChI=1S/C19H19BrO3S/c20-16-11-9-14(10-12-16)18(21)13-15-5-4-8-19(15)24(22,23)17-6-2-1-3-7-17/h1-3,6-7,9-12,15,19H,4-5,8,13H2/t15-,19+/m1/s1. The van der Waals surface area contributed by atoms with E-state index in [0.29, 0.717) is 23.3 Å². The fourth-order valence-corrected chi connectivity index (χ4v) is 5.79. The van der Waals surface area contributed by atoms with Crippen molar-refractivity contribution in [1.29, 1.82) is 0 Å². The van der Waals surface area contributed by atoms with Crippen LogP contribution in [0.3, 0.4) is 0 Å². The van der Waals surface area contributed by atoms with Crippen molar-refractivity contribution in [3.63, 3.8) is 0 Å². The number of hydrogen-bond donors (Lipinski definition) is 0. The summed E-state index contributed by atoms with van der Waals surface area (Å²) < 4.78 is 26.7. The number of rotatable bonds is 5. The van der Waals surface area contributed by atoms with Gasteiger partial charge in [-0.05, 0) is 43.0 Å². The Balaban J connectivity index is 1.78. The van der Waals surface area contributed by atoms with Gasteiger partial charge in [-0.25, -0.2) is 8.42 Å². The molecule has 2 aromatic rings. The zero-order valence-corrected chi connectivity index (χ0v) is 15.6. The molecular weight excluding hydrogens is 388 g/mol. The van der Waals surface area contributed by atoms with Crippen LogP contribution in [0.25, 0.3) is 0 Å². The minimum absolute atomic E-state index is 0.0164. The van der Waals surface area contributed by atoms with Gasteiger partial charge in [0.2, 0.25) is 0 Å². The van der Waals surface area contributed by atoms with E-state index >= 15 is 0 Å². The van der Waals surface area contributed by atoms with E-state index in [1.807, 2.05) is 18.2 Å². The molecule has 0 spiro atoms. The van der Waals surface area contributed by atoms with E-state index in [4.69, 9.17) is 0 Å². The molecule has 5 heteroatoms. The third-order valence-electron chi connectivity index (χ3n) is 4.67. The molecule has 0 N–H and O–H groups in total. The molecule has 0 aromatic heterocycles. The summed E-state index contributed by atoms with van der Waals surface area (Å²) in [6, 6.07) is 15.8. The van der Waals surface area contributed by atoms with Crippen LogP contribution in [0.5, 0.6) is 0 Å². The van der Waals surface area contributed by atoms with Crippen LogP contribution in [0.4, 0.5) is 0 Å². The summed E-state index contributed by atoms with van der Waals surface area (Å²) in [6.07, 6.45) is 2.57. The minimum atomic E-state index is -3.38. The highest BCUT2D eigenvalue weighted by atomic mass is 79.9. The van der Waals surface area contributed by atoms with Crippen molar-refractivity contribution in [3.8, 4) is 0 Å². The van der Waals surface area contributed by atoms with Gasteiger partial charge in [-0.2, -0.15) is 0 Å². The first kappa shape index (κ1) is 17.4. The van der Waals surface area contributed by atoms with E-state index < -0.39 is 15.1 Å². The lowest BCUT2D eigenvalue weighted by molar-refractivity contribution is 0.0962. The Hall–Kier alpha value is -1.46. The Morgan fingerprint density at radius 2 is 1.67 bits per heavy atom. The number of sulfone groups is 1. The molecule has 126 valence electrons. The van der Waals surface area contributed by atoms with Crippen LogP contribution in [0.2, 0.25) is 0 Å². The second-order valence-corrected chi connectivity index (χ2v) is 9.30. The quantitative estimate of drug-likeness (QED) is 0.678. The highest BCUT2D eigenvalue weighted by molar-refractivity contribution is 9.10. The van der Waals surface area contributed by atoms with Crippen molar-refractivity contribution in [2.45, 2.75) is 35.8 Å². The van der Waals surface area contributed by atoms with Crippen molar-refractivity contribution < 1.29 is 13.2 Å². The summed E-state index contributed by atoms with van der Waals surface area (Å²) in [6.45, 7) is 0. The predicted molar refractivity (Wildman–Crippen MR) is 97.8 cm³/mol. The first-order valence-corrected chi connectivity index (χ1v) is 10.4. The van der Waals surface area contributed by atoms with Gasteiger partial charge >= 0.3 is 0 Å². The largest absolute Gasteiger partial charge is 0.294 e. The highest BCUT2D eigenvalue weighted by Crippen LogP contribution is 2.37. The highest BCUT2D eigenvalue weighted by Gasteiger charge is 2.39. The van der Waals surface area contributed by atoms with Crippen molar-refractivity contribution in [2.24, 2.45) is 5.92 Å². The summed E-state index contributed by atoms with van der Waals surface area (Å²) in [5.41, 5.74) is 0.640. The summed E-state index contributed by atoms with van der Waals surface area (Å²) in [7, 11) is -3.38. The third-order valence-corrected chi connectivity index (χ3v) is 7.55. The van der Waals surface area contributed by atoms with Gasteiger partial charge in [0.1, 0.15) is 0 Å². The Morgan fingerprint density at radius 1 is 1.00 bits per heavy atom. The fraction of sp³-hybridized carbons (Fsp3) is 0.316. The lowest BCUT2D eigenvalue weighted by Gasteiger charge is -2.19. The van der Waals surface area contributed by atoms with Gasteiger partial charge in [0.15, 0.2) is 15.6 Å². The lowest BCUT2D eigenvalue weighted by Crippen LogP contribution is -2.27. The zero-order valence-electron chi connectivity index (χ0n) is 13.2. The SMILES string of the molecule is O=C(C[C@H]1CCC[C@@H]1S(=O)(=O)c1ccccc1)c1ccc(Br)cc1. The molecule has 0 amide bonds. The number of hydrogen-bond acceptors (Lipinski definition) is 3. The molecule has 0 bridgehead atoms. The van der Waals surface area contributed by atoms with Crippen LogP contribution >= 0.6 is 15.9 Å². The molecule has 1 aliphatic carbocycles. The van der Waals surface area contributed by atoms with E-state index in [1.54, 1.807) is 36.4 Å². The Bertz CT molecular complexity index is 813.